The SMILES string of the molecule is Cc1ccc(O[Si](C(C)C)(C(C)C)C(C)C)cc1C. The second kappa shape index (κ2) is 6.13. The Bertz CT molecular complexity index is 399. The molecule has 0 unspecified atom stereocenters. The van der Waals surface area contributed by atoms with Crippen molar-refractivity contribution in [1.82, 2.24) is 0 Å². The van der Waals surface area contributed by atoms with Gasteiger partial charge in [-0.1, -0.05) is 47.6 Å². The predicted octanol–water partition coefficient (Wildman–Crippen LogP) is 5.86. The summed E-state index contributed by atoms with van der Waals surface area (Å²) in [6.07, 6.45) is 0. The third kappa shape index (κ3) is 3.22. The Balaban J connectivity index is 3.17. The van der Waals surface area contributed by atoms with E-state index < -0.39 is 8.32 Å². The molecule has 0 spiro atoms. The molecule has 0 aliphatic rings. The molecule has 0 atom stereocenters. The Morgan fingerprint density at radius 1 is 0.789 bits per heavy atom. The highest BCUT2D eigenvalue weighted by Crippen LogP contribution is 2.42. The zero-order valence-corrected chi connectivity index (χ0v) is 14.9. The molecule has 0 bridgehead atoms. The van der Waals surface area contributed by atoms with Crippen molar-refractivity contribution in [3.8, 4) is 5.75 Å². The van der Waals surface area contributed by atoms with Crippen LogP contribution in [0.15, 0.2) is 18.2 Å². The summed E-state index contributed by atoms with van der Waals surface area (Å²) < 4.78 is 6.66. The van der Waals surface area contributed by atoms with Gasteiger partial charge in [0.25, 0.3) is 8.32 Å². The van der Waals surface area contributed by atoms with E-state index in [0.29, 0.717) is 16.6 Å². The van der Waals surface area contributed by atoms with Gasteiger partial charge >= 0.3 is 0 Å². The highest BCUT2D eigenvalue weighted by molar-refractivity contribution is 6.78. The quantitative estimate of drug-likeness (QED) is 0.613. The number of hydrogen-bond donors (Lipinski definition) is 0. The van der Waals surface area contributed by atoms with Crippen molar-refractivity contribution in [2.24, 2.45) is 0 Å². The van der Waals surface area contributed by atoms with Crippen LogP contribution in [-0.2, 0) is 0 Å². The van der Waals surface area contributed by atoms with Crippen LogP contribution < -0.4 is 4.43 Å². The molecule has 0 radical (unpaired) electrons. The number of benzene rings is 1. The van der Waals surface area contributed by atoms with Crippen LogP contribution >= 0.6 is 0 Å². The van der Waals surface area contributed by atoms with Crippen LogP contribution in [0.1, 0.15) is 52.7 Å². The van der Waals surface area contributed by atoms with Gasteiger partial charge < -0.3 is 4.43 Å². The van der Waals surface area contributed by atoms with Crippen LogP contribution in [-0.4, -0.2) is 8.32 Å². The summed E-state index contributed by atoms with van der Waals surface area (Å²) in [5, 5.41) is 0. The van der Waals surface area contributed by atoms with E-state index in [4.69, 9.17) is 4.43 Å². The minimum absolute atomic E-state index is 0.620. The summed E-state index contributed by atoms with van der Waals surface area (Å²) >= 11 is 0. The molecule has 108 valence electrons. The number of aryl methyl sites for hydroxylation is 2. The predicted molar refractivity (Wildman–Crippen MR) is 87.6 cm³/mol. The van der Waals surface area contributed by atoms with Gasteiger partial charge in [0.15, 0.2) is 0 Å². The lowest BCUT2D eigenvalue weighted by Crippen LogP contribution is -2.50. The molecule has 0 N–H and O–H groups in total. The first-order valence-electron chi connectivity index (χ1n) is 7.48. The van der Waals surface area contributed by atoms with Crippen LogP contribution in [0.3, 0.4) is 0 Å². The smallest absolute Gasteiger partial charge is 0.258 e. The monoisotopic (exact) mass is 278 g/mol. The van der Waals surface area contributed by atoms with E-state index >= 15 is 0 Å². The summed E-state index contributed by atoms with van der Waals surface area (Å²) in [5.41, 5.74) is 4.51. The third-order valence-electron chi connectivity index (χ3n) is 4.48. The van der Waals surface area contributed by atoms with Crippen LogP contribution in [0, 0.1) is 13.8 Å². The van der Waals surface area contributed by atoms with Crippen LogP contribution in [0.5, 0.6) is 5.75 Å². The van der Waals surface area contributed by atoms with Crippen LogP contribution in [0.4, 0.5) is 0 Å². The molecule has 2 heteroatoms. The fourth-order valence-corrected chi connectivity index (χ4v) is 8.58. The second-order valence-corrected chi connectivity index (χ2v) is 12.0. The van der Waals surface area contributed by atoms with E-state index in [2.05, 4.69) is 73.6 Å². The van der Waals surface area contributed by atoms with Gasteiger partial charge in [-0.15, -0.1) is 0 Å². The van der Waals surface area contributed by atoms with Crippen molar-refractivity contribution in [3.05, 3.63) is 29.3 Å². The van der Waals surface area contributed by atoms with Gasteiger partial charge in [0.1, 0.15) is 5.75 Å². The number of hydrogen-bond acceptors (Lipinski definition) is 1. The van der Waals surface area contributed by atoms with Gasteiger partial charge in [0, 0.05) is 0 Å². The van der Waals surface area contributed by atoms with Crippen molar-refractivity contribution >= 4 is 8.32 Å². The lowest BCUT2D eigenvalue weighted by molar-refractivity contribution is 0.479. The highest BCUT2D eigenvalue weighted by atomic mass is 28.4. The normalized spacial score (nSPS) is 12.6. The molecule has 0 saturated heterocycles. The maximum Gasteiger partial charge on any atom is 0.258 e. The Morgan fingerprint density at radius 3 is 1.63 bits per heavy atom. The summed E-state index contributed by atoms with van der Waals surface area (Å²) in [6, 6.07) is 6.51. The Labute approximate surface area is 120 Å². The molecule has 1 aromatic carbocycles. The van der Waals surface area contributed by atoms with Crippen LogP contribution in [0.2, 0.25) is 16.6 Å². The van der Waals surface area contributed by atoms with E-state index in [0.717, 1.165) is 5.75 Å². The standard InChI is InChI=1S/C17H30OSi/c1-12(2)19(13(3)4,14(5)6)18-17-10-9-15(7)16(8)11-17/h9-14H,1-8H3. The van der Waals surface area contributed by atoms with Crippen molar-refractivity contribution in [3.63, 3.8) is 0 Å². The molecule has 0 aliphatic heterocycles. The Kier molecular flexibility index (Phi) is 5.25. The summed E-state index contributed by atoms with van der Waals surface area (Å²) in [5.74, 6) is 1.06. The molecule has 1 nitrogen and oxygen atoms in total. The zero-order chi connectivity index (χ0) is 14.8. The van der Waals surface area contributed by atoms with Gasteiger partial charge in [-0.25, -0.2) is 0 Å². The topological polar surface area (TPSA) is 9.23 Å². The van der Waals surface area contributed by atoms with E-state index in [1.54, 1.807) is 0 Å². The molecule has 0 heterocycles. The van der Waals surface area contributed by atoms with Crippen molar-refractivity contribution in [2.75, 3.05) is 0 Å². The largest absolute Gasteiger partial charge is 0.543 e. The molecule has 19 heavy (non-hydrogen) atoms. The molecule has 0 saturated carbocycles. The van der Waals surface area contributed by atoms with Gasteiger partial charge in [-0.2, -0.15) is 0 Å². The first-order valence-corrected chi connectivity index (χ1v) is 9.62. The molecule has 0 amide bonds. The lowest BCUT2D eigenvalue weighted by Gasteiger charge is -2.42. The first kappa shape index (κ1) is 16.3. The highest BCUT2D eigenvalue weighted by Gasteiger charge is 2.46. The molecule has 0 aromatic heterocycles. The summed E-state index contributed by atoms with van der Waals surface area (Å²) in [6.45, 7) is 18.3. The average Bonchev–Trinajstić information content (AvgIpc) is 2.29. The van der Waals surface area contributed by atoms with E-state index in [-0.39, 0.29) is 0 Å². The molecular weight excluding hydrogens is 248 g/mol. The molecular formula is C17H30OSi. The second-order valence-electron chi connectivity index (χ2n) is 6.67. The van der Waals surface area contributed by atoms with Crippen molar-refractivity contribution in [1.29, 1.82) is 0 Å². The van der Waals surface area contributed by atoms with Gasteiger partial charge in [0.05, 0.1) is 0 Å². The maximum absolute atomic E-state index is 6.66. The van der Waals surface area contributed by atoms with E-state index in [1.165, 1.54) is 11.1 Å². The van der Waals surface area contributed by atoms with E-state index in [9.17, 15) is 0 Å². The molecule has 1 rings (SSSR count). The van der Waals surface area contributed by atoms with Gasteiger partial charge in [0.2, 0.25) is 0 Å². The van der Waals surface area contributed by atoms with Crippen molar-refractivity contribution < 1.29 is 4.43 Å². The summed E-state index contributed by atoms with van der Waals surface area (Å²) in [7, 11) is -1.81. The Morgan fingerprint density at radius 2 is 1.26 bits per heavy atom. The fourth-order valence-electron chi connectivity index (χ4n) is 3.34. The maximum atomic E-state index is 6.66. The molecule has 0 aliphatic carbocycles. The third-order valence-corrected chi connectivity index (χ3v) is 10.5. The molecule has 1 aromatic rings. The minimum atomic E-state index is -1.81. The van der Waals surface area contributed by atoms with Crippen LogP contribution in [0.25, 0.3) is 0 Å². The average molecular weight is 279 g/mol. The summed E-state index contributed by atoms with van der Waals surface area (Å²) in [4.78, 5) is 0. The molecule has 0 fully saturated rings. The van der Waals surface area contributed by atoms with Crippen molar-refractivity contribution in [2.45, 2.75) is 72.0 Å². The van der Waals surface area contributed by atoms with E-state index in [1.807, 2.05) is 0 Å². The first-order chi connectivity index (χ1) is 8.71. The Hall–Kier alpha value is -0.763. The fraction of sp³-hybridized carbons (Fsp3) is 0.647. The van der Waals surface area contributed by atoms with Gasteiger partial charge in [-0.05, 0) is 53.7 Å². The number of rotatable bonds is 5. The minimum Gasteiger partial charge on any atom is -0.543 e. The van der Waals surface area contributed by atoms with Gasteiger partial charge in [-0.3, -0.25) is 0 Å². The lowest BCUT2D eigenvalue weighted by atomic mass is 10.1. The zero-order valence-electron chi connectivity index (χ0n) is 13.9.